The third kappa shape index (κ3) is 1.26. The van der Waals surface area contributed by atoms with E-state index in [2.05, 4.69) is 24.5 Å². The van der Waals surface area contributed by atoms with E-state index in [0.29, 0.717) is 17.2 Å². The van der Waals surface area contributed by atoms with Gasteiger partial charge < -0.3 is 5.32 Å². The van der Waals surface area contributed by atoms with Gasteiger partial charge in [0.1, 0.15) is 0 Å². The standard InChI is InChI=1S/C8H14N2S2/c1-4-5(2)12-8-6(4)7(11)9-3-10-8/h4-6,8,10H,3H2,1-2H3,(H,9,11). The van der Waals surface area contributed by atoms with Crippen LogP contribution in [0.4, 0.5) is 0 Å². The summed E-state index contributed by atoms with van der Waals surface area (Å²) in [6.45, 7) is 5.42. The first kappa shape index (κ1) is 8.78. The smallest absolute Gasteiger partial charge is 0.0822 e. The summed E-state index contributed by atoms with van der Waals surface area (Å²) in [6.07, 6.45) is 0. The van der Waals surface area contributed by atoms with Gasteiger partial charge in [-0.1, -0.05) is 26.1 Å². The third-order valence-corrected chi connectivity index (χ3v) is 4.89. The minimum atomic E-state index is 0.550. The lowest BCUT2D eigenvalue weighted by Crippen LogP contribution is -2.52. The lowest BCUT2D eigenvalue weighted by atomic mass is 9.91. The summed E-state index contributed by atoms with van der Waals surface area (Å²) in [4.78, 5) is 1.06. The van der Waals surface area contributed by atoms with Crippen molar-refractivity contribution >= 4 is 29.0 Å². The fourth-order valence-electron chi connectivity index (χ4n) is 1.92. The maximum absolute atomic E-state index is 5.31. The molecule has 0 saturated carbocycles. The highest BCUT2D eigenvalue weighted by Gasteiger charge is 2.42. The van der Waals surface area contributed by atoms with Gasteiger partial charge in [0.2, 0.25) is 0 Å². The molecular formula is C8H14N2S2. The molecule has 0 aromatic heterocycles. The number of fused-ring (bicyclic) bond motifs is 1. The van der Waals surface area contributed by atoms with Crippen LogP contribution in [0.3, 0.4) is 0 Å². The van der Waals surface area contributed by atoms with Crippen molar-refractivity contribution in [2.24, 2.45) is 11.8 Å². The van der Waals surface area contributed by atoms with Crippen LogP contribution in [0.25, 0.3) is 0 Å². The van der Waals surface area contributed by atoms with E-state index in [4.69, 9.17) is 12.2 Å². The van der Waals surface area contributed by atoms with Gasteiger partial charge >= 0.3 is 0 Å². The van der Waals surface area contributed by atoms with Gasteiger partial charge in [0, 0.05) is 11.2 Å². The zero-order valence-electron chi connectivity index (χ0n) is 7.33. The SMILES string of the molecule is CC1SC2NCNC(=S)C2C1C. The van der Waals surface area contributed by atoms with Crippen LogP contribution < -0.4 is 10.6 Å². The Hall–Kier alpha value is 0.200. The van der Waals surface area contributed by atoms with Crippen molar-refractivity contribution in [2.75, 3.05) is 6.67 Å². The summed E-state index contributed by atoms with van der Waals surface area (Å²) >= 11 is 7.33. The predicted molar refractivity (Wildman–Crippen MR) is 57.2 cm³/mol. The highest BCUT2D eigenvalue weighted by Crippen LogP contribution is 2.42. The Bertz CT molecular complexity index is 207. The molecule has 4 unspecified atom stereocenters. The summed E-state index contributed by atoms with van der Waals surface area (Å²) in [7, 11) is 0. The average Bonchev–Trinajstić information content (AvgIpc) is 2.29. The van der Waals surface area contributed by atoms with Crippen molar-refractivity contribution in [3.63, 3.8) is 0 Å². The minimum Gasteiger partial charge on any atom is -0.367 e. The molecule has 2 saturated heterocycles. The molecule has 12 heavy (non-hydrogen) atoms. The van der Waals surface area contributed by atoms with Crippen LogP contribution in [-0.4, -0.2) is 22.3 Å². The fourth-order valence-corrected chi connectivity index (χ4v) is 4.04. The molecule has 0 bridgehead atoms. The molecule has 68 valence electrons. The van der Waals surface area contributed by atoms with Gasteiger partial charge in [-0.05, 0) is 5.92 Å². The summed E-state index contributed by atoms with van der Waals surface area (Å²) in [5.74, 6) is 1.25. The molecule has 2 aliphatic rings. The molecule has 4 heteroatoms. The molecule has 0 amide bonds. The zero-order chi connectivity index (χ0) is 8.72. The number of hydrogen-bond acceptors (Lipinski definition) is 3. The summed E-state index contributed by atoms with van der Waals surface area (Å²) in [5.41, 5.74) is 0. The lowest BCUT2D eigenvalue weighted by Gasteiger charge is -2.30. The molecule has 0 aromatic carbocycles. The molecule has 4 atom stereocenters. The molecule has 2 heterocycles. The van der Waals surface area contributed by atoms with Gasteiger partial charge in [-0.3, -0.25) is 5.32 Å². The van der Waals surface area contributed by atoms with Crippen LogP contribution in [0.2, 0.25) is 0 Å². The second kappa shape index (κ2) is 3.16. The number of hydrogen-bond donors (Lipinski definition) is 2. The van der Waals surface area contributed by atoms with E-state index >= 15 is 0 Å². The Labute approximate surface area is 82.9 Å². The Morgan fingerprint density at radius 3 is 2.92 bits per heavy atom. The van der Waals surface area contributed by atoms with Gasteiger partial charge in [0.05, 0.1) is 17.0 Å². The molecule has 0 spiro atoms. The third-order valence-electron chi connectivity index (χ3n) is 2.86. The highest BCUT2D eigenvalue weighted by atomic mass is 32.2. The second-order valence-electron chi connectivity index (χ2n) is 3.57. The first-order valence-electron chi connectivity index (χ1n) is 4.36. The lowest BCUT2D eigenvalue weighted by molar-refractivity contribution is 0.403. The van der Waals surface area contributed by atoms with E-state index in [1.54, 1.807) is 0 Å². The Morgan fingerprint density at radius 2 is 2.25 bits per heavy atom. The second-order valence-corrected chi connectivity index (χ2v) is 5.53. The van der Waals surface area contributed by atoms with Crippen molar-refractivity contribution in [1.82, 2.24) is 10.6 Å². The Morgan fingerprint density at radius 1 is 1.50 bits per heavy atom. The first-order chi connectivity index (χ1) is 5.70. The maximum Gasteiger partial charge on any atom is 0.0822 e. The zero-order valence-corrected chi connectivity index (χ0v) is 8.97. The van der Waals surface area contributed by atoms with Crippen molar-refractivity contribution in [3.05, 3.63) is 0 Å². The van der Waals surface area contributed by atoms with Crippen molar-refractivity contribution in [1.29, 1.82) is 0 Å². The summed E-state index contributed by atoms with van der Waals surface area (Å²) < 4.78 is 0. The number of nitrogens with one attached hydrogen (secondary N) is 2. The van der Waals surface area contributed by atoms with Crippen LogP contribution >= 0.6 is 24.0 Å². The number of thiocarbonyl (C=S) groups is 1. The molecule has 2 N–H and O–H groups in total. The van der Waals surface area contributed by atoms with Crippen LogP contribution in [0.1, 0.15) is 13.8 Å². The quantitative estimate of drug-likeness (QED) is 0.576. The normalized spacial score (nSPS) is 47.0. The van der Waals surface area contributed by atoms with Gasteiger partial charge in [-0.2, -0.15) is 0 Å². The van der Waals surface area contributed by atoms with Gasteiger partial charge in [-0.25, -0.2) is 0 Å². The van der Waals surface area contributed by atoms with Gasteiger partial charge in [-0.15, -0.1) is 11.8 Å². The molecule has 2 rings (SSSR count). The monoisotopic (exact) mass is 202 g/mol. The molecular weight excluding hydrogens is 188 g/mol. The Kier molecular flexibility index (Phi) is 2.31. The molecule has 0 aliphatic carbocycles. The molecule has 0 radical (unpaired) electrons. The minimum absolute atomic E-state index is 0.550. The van der Waals surface area contributed by atoms with Crippen molar-refractivity contribution in [3.8, 4) is 0 Å². The highest BCUT2D eigenvalue weighted by molar-refractivity contribution is 8.00. The number of rotatable bonds is 0. The van der Waals surface area contributed by atoms with Crippen molar-refractivity contribution < 1.29 is 0 Å². The molecule has 0 aromatic rings. The average molecular weight is 202 g/mol. The van der Waals surface area contributed by atoms with E-state index in [1.807, 2.05) is 11.8 Å². The van der Waals surface area contributed by atoms with Crippen LogP contribution in [0, 0.1) is 11.8 Å². The largest absolute Gasteiger partial charge is 0.367 e. The van der Waals surface area contributed by atoms with Crippen LogP contribution in [0.5, 0.6) is 0 Å². The van der Waals surface area contributed by atoms with Crippen LogP contribution in [0.15, 0.2) is 0 Å². The summed E-state index contributed by atoms with van der Waals surface area (Å²) in [6, 6.07) is 0. The van der Waals surface area contributed by atoms with Crippen molar-refractivity contribution in [2.45, 2.75) is 24.5 Å². The van der Waals surface area contributed by atoms with E-state index in [1.165, 1.54) is 0 Å². The molecule has 2 fully saturated rings. The van der Waals surface area contributed by atoms with E-state index in [-0.39, 0.29) is 0 Å². The maximum atomic E-state index is 5.31. The summed E-state index contributed by atoms with van der Waals surface area (Å²) in [5, 5.41) is 7.93. The fraction of sp³-hybridized carbons (Fsp3) is 0.875. The van der Waals surface area contributed by atoms with E-state index in [9.17, 15) is 0 Å². The molecule has 2 nitrogen and oxygen atoms in total. The topological polar surface area (TPSA) is 24.1 Å². The van der Waals surface area contributed by atoms with Gasteiger partial charge in [0.15, 0.2) is 0 Å². The predicted octanol–water partition coefficient (Wildman–Crippen LogP) is 1.18. The molecule has 2 aliphatic heterocycles. The number of thioether (sulfide) groups is 1. The van der Waals surface area contributed by atoms with E-state index in [0.717, 1.165) is 16.9 Å². The van der Waals surface area contributed by atoms with E-state index < -0.39 is 0 Å². The van der Waals surface area contributed by atoms with Crippen LogP contribution in [-0.2, 0) is 0 Å². The first-order valence-corrected chi connectivity index (χ1v) is 5.72. The van der Waals surface area contributed by atoms with Gasteiger partial charge in [0.25, 0.3) is 0 Å². The Balaban J connectivity index is 2.17.